The summed E-state index contributed by atoms with van der Waals surface area (Å²) in [4.78, 5) is 13.1. The monoisotopic (exact) mass is 458 g/mol. The number of nitrogens with zero attached hydrogens (tertiary/aromatic N) is 4. The van der Waals surface area contributed by atoms with Crippen LogP contribution < -0.4 is 5.69 Å². The van der Waals surface area contributed by atoms with E-state index in [1.54, 1.807) is 6.07 Å². The van der Waals surface area contributed by atoms with Gasteiger partial charge in [0.15, 0.2) is 14.8 Å². The van der Waals surface area contributed by atoms with Crippen LogP contribution in [0.15, 0.2) is 27.9 Å². The molecule has 0 atom stereocenters. The first-order valence-corrected chi connectivity index (χ1v) is 11.7. The van der Waals surface area contributed by atoms with Crippen LogP contribution in [0.1, 0.15) is 31.2 Å². The molecule has 1 saturated carbocycles. The van der Waals surface area contributed by atoms with Crippen LogP contribution >= 0.6 is 11.3 Å². The van der Waals surface area contributed by atoms with Gasteiger partial charge in [0.1, 0.15) is 0 Å². The number of ether oxygens (including phenoxy) is 1. The van der Waals surface area contributed by atoms with E-state index in [-0.39, 0.29) is 39.9 Å². The Labute approximate surface area is 175 Å². The molecule has 2 aromatic heterocycles. The summed E-state index contributed by atoms with van der Waals surface area (Å²) in [5.41, 5.74) is -0.0104. The topological polar surface area (TPSA) is 96.1 Å². The van der Waals surface area contributed by atoms with Crippen LogP contribution in [0.25, 0.3) is 16.2 Å². The summed E-state index contributed by atoms with van der Waals surface area (Å²) in [6, 6.07) is 4.44. The predicted octanol–water partition coefficient (Wildman–Crippen LogP) is 2.80. The number of fused-ring (bicyclic) bond motifs is 1. The first-order valence-electron chi connectivity index (χ1n) is 9.24. The lowest BCUT2D eigenvalue weighted by molar-refractivity contribution is 0.150. The van der Waals surface area contributed by atoms with Crippen molar-refractivity contribution in [3.8, 4) is 5.13 Å². The van der Waals surface area contributed by atoms with Gasteiger partial charge in [0.25, 0.3) is 6.43 Å². The van der Waals surface area contributed by atoms with Crippen LogP contribution in [0.3, 0.4) is 0 Å². The number of benzene rings is 1. The quantitative estimate of drug-likeness (QED) is 0.515. The van der Waals surface area contributed by atoms with Gasteiger partial charge in [-0.25, -0.2) is 26.6 Å². The Morgan fingerprint density at radius 2 is 2.00 bits per heavy atom. The zero-order chi connectivity index (χ0) is 21.7. The maximum atomic E-state index is 13.0. The van der Waals surface area contributed by atoms with E-state index in [0.717, 1.165) is 17.4 Å². The molecule has 1 aliphatic rings. The van der Waals surface area contributed by atoms with Crippen LogP contribution in [0.4, 0.5) is 8.78 Å². The third-order valence-corrected chi connectivity index (χ3v) is 8.19. The fourth-order valence-electron chi connectivity index (χ4n) is 3.32. The highest BCUT2D eigenvalue weighted by molar-refractivity contribution is 7.91. The van der Waals surface area contributed by atoms with Gasteiger partial charge in [0, 0.05) is 7.11 Å². The van der Waals surface area contributed by atoms with Gasteiger partial charge in [-0.1, -0.05) is 18.3 Å². The van der Waals surface area contributed by atoms with Crippen molar-refractivity contribution in [3.63, 3.8) is 0 Å². The molecular formula is C18H20F2N4O4S2. The Bertz CT molecular complexity index is 1260. The van der Waals surface area contributed by atoms with Gasteiger partial charge in [-0.05, 0) is 36.5 Å². The Balaban J connectivity index is 1.89. The number of methoxy groups -OCH3 is 1. The Hall–Kier alpha value is -2.18. The summed E-state index contributed by atoms with van der Waals surface area (Å²) in [5, 5.41) is 6.62. The maximum absolute atomic E-state index is 13.0. The largest absolute Gasteiger partial charge is 0.383 e. The number of sulfone groups is 1. The summed E-state index contributed by atoms with van der Waals surface area (Å²) >= 11 is 0.590. The van der Waals surface area contributed by atoms with Crippen molar-refractivity contribution in [1.29, 1.82) is 0 Å². The van der Waals surface area contributed by atoms with Crippen LogP contribution in [-0.2, 0) is 21.1 Å². The van der Waals surface area contributed by atoms with E-state index in [9.17, 15) is 22.0 Å². The molecule has 0 spiro atoms. The first kappa shape index (κ1) is 21.1. The predicted molar refractivity (Wildman–Crippen MR) is 107 cm³/mol. The fourth-order valence-corrected chi connectivity index (χ4v) is 5.97. The molecule has 0 saturated heterocycles. The van der Waals surface area contributed by atoms with Gasteiger partial charge in [-0.15, -0.1) is 10.2 Å². The third-order valence-electron chi connectivity index (χ3n) is 5.23. The highest BCUT2D eigenvalue weighted by Gasteiger charge is 2.42. The maximum Gasteiger partial charge on any atom is 0.335 e. The highest BCUT2D eigenvalue weighted by Crippen LogP contribution is 2.47. The zero-order valence-corrected chi connectivity index (χ0v) is 18.0. The molecule has 1 aromatic carbocycles. The van der Waals surface area contributed by atoms with Crippen LogP contribution in [0.5, 0.6) is 0 Å². The van der Waals surface area contributed by atoms with Crippen molar-refractivity contribution < 1.29 is 21.9 Å². The van der Waals surface area contributed by atoms with Gasteiger partial charge in [0.05, 0.1) is 34.8 Å². The van der Waals surface area contributed by atoms with E-state index < -0.39 is 27.0 Å². The number of alkyl halides is 2. The average molecular weight is 459 g/mol. The molecule has 0 bridgehead atoms. The van der Waals surface area contributed by atoms with Gasteiger partial charge in [-0.3, -0.25) is 4.57 Å². The van der Waals surface area contributed by atoms with E-state index in [2.05, 4.69) is 10.2 Å². The van der Waals surface area contributed by atoms with Gasteiger partial charge in [0.2, 0.25) is 5.13 Å². The van der Waals surface area contributed by atoms with E-state index >= 15 is 0 Å². The van der Waals surface area contributed by atoms with Crippen molar-refractivity contribution in [2.75, 3.05) is 19.5 Å². The molecule has 0 unspecified atom stereocenters. The molecule has 8 nitrogen and oxygen atoms in total. The summed E-state index contributed by atoms with van der Waals surface area (Å²) in [5.74, 6) is 0.0223. The normalized spacial score (nSPS) is 15.9. The van der Waals surface area contributed by atoms with Crippen LogP contribution in [0.2, 0.25) is 0 Å². The van der Waals surface area contributed by atoms with Gasteiger partial charge >= 0.3 is 5.69 Å². The summed E-state index contributed by atoms with van der Waals surface area (Å²) < 4.78 is 59.4. The van der Waals surface area contributed by atoms with Crippen LogP contribution in [-0.4, -0.2) is 47.2 Å². The molecule has 1 fully saturated rings. The molecule has 3 aromatic rings. The van der Waals surface area contributed by atoms with E-state index in [1.807, 2.05) is 6.92 Å². The lowest BCUT2D eigenvalue weighted by atomic mass is 10.2. The molecule has 2 heterocycles. The molecule has 0 amide bonds. The first-order chi connectivity index (χ1) is 14.1. The van der Waals surface area contributed by atoms with Gasteiger partial charge < -0.3 is 4.74 Å². The number of aromatic nitrogens is 4. The lowest BCUT2D eigenvalue weighted by Gasteiger charge is -2.10. The minimum Gasteiger partial charge on any atom is -0.383 e. The fraction of sp³-hybridized carbons (Fsp3) is 0.500. The summed E-state index contributed by atoms with van der Waals surface area (Å²) in [7, 11) is -2.08. The Morgan fingerprint density at radius 3 is 2.60 bits per heavy atom. The molecule has 12 heteroatoms. The molecule has 0 radical (unpaired) electrons. The lowest BCUT2D eigenvalue weighted by Crippen LogP contribution is -2.24. The molecule has 0 aliphatic heterocycles. The Kier molecular flexibility index (Phi) is 5.27. The third kappa shape index (κ3) is 3.79. The number of imidazole rings is 1. The highest BCUT2D eigenvalue weighted by atomic mass is 32.2. The van der Waals surface area contributed by atoms with Crippen molar-refractivity contribution in [1.82, 2.24) is 19.3 Å². The smallest absolute Gasteiger partial charge is 0.335 e. The second-order valence-corrected chi connectivity index (χ2v) is 10.7. The van der Waals surface area contributed by atoms with E-state index in [1.165, 1.54) is 23.8 Å². The second-order valence-electron chi connectivity index (χ2n) is 7.71. The standard InChI is InChI=1S/C18H20F2N4O4S2/c1-18(5-6-18)10-30(26,27)11-3-4-12-13(9-11)24(17(25)23(12)7-8-28-2)16-22-21-15(29-16)14(19)20/h3-4,9,14H,5-8,10H2,1-2H3. The van der Waals surface area contributed by atoms with Crippen LogP contribution in [0, 0.1) is 5.41 Å². The number of rotatable bonds is 8. The Morgan fingerprint density at radius 1 is 1.27 bits per heavy atom. The second kappa shape index (κ2) is 7.50. The molecule has 4 rings (SSSR count). The van der Waals surface area contributed by atoms with Gasteiger partial charge in [-0.2, -0.15) is 0 Å². The SMILES string of the molecule is COCCn1c(=O)n(-c2nnc(C(F)F)s2)c2cc(S(=O)(=O)CC3(C)CC3)ccc21. The summed E-state index contributed by atoms with van der Waals surface area (Å²) in [6.45, 7) is 2.38. The molecule has 162 valence electrons. The molecular weight excluding hydrogens is 438 g/mol. The van der Waals surface area contributed by atoms with E-state index in [4.69, 9.17) is 4.74 Å². The molecule has 1 aliphatic carbocycles. The van der Waals surface area contributed by atoms with Crippen molar-refractivity contribution >= 4 is 32.2 Å². The minimum absolute atomic E-state index is 0.0223. The number of halogens is 2. The zero-order valence-electron chi connectivity index (χ0n) is 16.3. The van der Waals surface area contributed by atoms with Crippen molar-refractivity contribution in [2.45, 2.75) is 37.6 Å². The van der Waals surface area contributed by atoms with E-state index in [0.29, 0.717) is 16.9 Å². The average Bonchev–Trinajstić information content (AvgIpc) is 3.11. The number of hydrogen-bond acceptors (Lipinski definition) is 7. The summed E-state index contributed by atoms with van der Waals surface area (Å²) in [6.07, 6.45) is -1.11. The van der Waals surface area contributed by atoms with Crippen molar-refractivity contribution in [2.24, 2.45) is 5.41 Å². The minimum atomic E-state index is -3.58. The molecule has 0 N–H and O–H groups in total. The van der Waals surface area contributed by atoms with Crippen molar-refractivity contribution in [3.05, 3.63) is 33.7 Å². The number of hydrogen-bond donors (Lipinski definition) is 0. The molecule has 30 heavy (non-hydrogen) atoms.